The van der Waals surface area contributed by atoms with Crippen LogP contribution < -0.4 is 10.1 Å². The van der Waals surface area contributed by atoms with Gasteiger partial charge in [0.1, 0.15) is 12.4 Å². The Morgan fingerprint density at radius 1 is 0.857 bits per heavy atom. The minimum Gasteiger partial charge on any atom is -0.489 e. The Balaban J connectivity index is 1.47. The Morgan fingerprint density at radius 2 is 1.54 bits per heavy atom. The van der Waals surface area contributed by atoms with Crippen molar-refractivity contribution in [2.24, 2.45) is 0 Å². The van der Waals surface area contributed by atoms with Crippen molar-refractivity contribution in [2.75, 3.05) is 5.32 Å². The molecule has 138 valence electrons. The Bertz CT molecular complexity index is 1060. The number of rotatable bonds is 6. The molecule has 0 aliphatic rings. The number of ether oxygens (including phenoxy) is 1. The van der Waals surface area contributed by atoms with Crippen molar-refractivity contribution in [2.45, 2.75) is 6.61 Å². The van der Waals surface area contributed by atoms with Crippen LogP contribution in [0.5, 0.6) is 5.75 Å². The van der Waals surface area contributed by atoms with Crippen molar-refractivity contribution in [1.82, 2.24) is 9.78 Å². The SMILES string of the molecule is O=C(Nc1ccn(-c2ccccc2)n1)c1ccccc1COc1ccccc1. The molecule has 0 saturated carbocycles. The maximum Gasteiger partial charge on any atom is 0.257 e. The number of hydrogen-bond donors (Lipinski definition) is 1. The summed E-state index contributed by atoms with van der Waals surface area (Å²) in [5, 5.41) is 7.28. The van der Waals surface area contributed by atoms with Gasteiger partial charge in [-0.1, -0.05) is 54.6 Å². The van der Waals surface area contributed by atoms with Crippen LogP contribution in [0.2, 0.25) is 0 Å². The highest BCUT2D eigenvalue weighted by molar-refractivity contribution is 6.04. The predicted molar refractivity (Wildman–Crippen MR) is 109 cm³/mol. The molecule has 0 radical (unpaired) electrons. The van der Waals surface area contributed by atoms with Gasteiger partial charge in [-0.2, -0.15) is 5.10 Å². The van der Waals surface area contributed by atoms with E-state index in [0.29, 0.717) is 18.0 Å². The molecule has 0 bridgehead atoms. The summed E-state index contributed by atoms with van der Waals surface area (Å²) in [6, 6.07) is 28.5. The van der Waals surface area contributed by atoms with E-state index in [0.717, 1.165) is 17.0 Å². The molecule has 0 atom stereocenters. The second kappa shape index (κ2) is 8.22. The summed E-state index contributed by atoms with van der Waals surface area (Å²) < 4.78 is 7.52. The average Bonchev–Trinajstić information content (AvgIpc) is 3.22. The van der Waals surface area contributed by atoms with E-state index in [2.05, 4.69) is 10.4 Å². The van der Waals surface area contributed by atoms with Gasteiger partial charge in [-0.3, -0.25) is 4.79 Å². The number of carbonyl (C=O) groups excluding carboxylic acids is 1. The lowest BCUT2D eigenvalue weighted by molar-refractivity contribution is 0.102. The third-order valence-corrected chi connectivity index (χ3v) is 4.25. The zero-order valence-corrected chi connectivity index (χ0v) is 15.2. The summed E-state index contributed by atoms with van der Waals surface area (Å²) in [4.78, 5) is 12.8. The van der Waals surface area contributed by atoms with Crippen molar-refractivity contribution in [1.29, 1.82) is 0 Å². The standard InChI is InChI=1S/C23H19N3O2/c27-23(24-22-15-16-26(25-22)19-10-3-1-4-11-19)21-14-8-7-9-18(21)17-28-20-12-5-2-6-13-20/h1-16H,17H2,(H,24,25,27). The summed E-state index contributed by atoms with van der Waals surface area (Å²) >= 11 is 0. The van der Waals surface area contributed by atoms with Gasteiger partial charge in [0.05, 0.1) is 5.69 Å². The second-order valence-electron chi connectivity index (χ2n) is 6.19. The van der Waals surface area contributed by atoms with Gasteiger partial charge < -0.3 is 10.1 Å². The van der Waals surface area contributed by atoms with Gasteiger partial charge in [-0.05, 0) is 30.3 Å². The molecule has 4 rings (SSSR count). The lowest BCUT2D eigenvalue weighted by Gasteiger charge is -2.10. The van der Waals surface area contributed by atoms with E-state index < -0.39 is 0 Å². The van der Waals surface area contributed by atoms with Crippen LogP contribution in [-0.4, -0.2) is 15.7 Å². The highest BCUT2D eigenvalue weighted by Crippen LogP contribution is 2.17. The largest absolute Gasteiger partial charge is 0.489 e. The molecule has 1 aromatic heterocycles. The molecular weight excluding hydrogens is 350 g/mol. The topological polar surface area (TPSA) is 56.2 Å². The molecule has 0 aliphatic heterocycles. The van der Waals surface area contributed by atoms with Crippen molar-refractivity contribution in [3.63, 3.8) is 0 Å². The first-order valence-electron chi connectivity index (χ1n) is 8.98. The Morgan fingerprint density at radius 3 is 2.32 bits per heavy atom. The average molecular weight is 369 g/mol. The zero-order chi connectivity index (χ0) is 19.2. The second-order valence-corrected chi connectivity index (χ2v) is 6.19. The fraction of sp³-hybridized carbons (Fsp3) is 0.0435. The maximum absolute atomic E-state index is 12.8. The molecule has 5 nitrogen and oxygen atoms in total. The summed E-state index contributed by atoms with van der Waals surface area (Å²) in [5.41, 5.74) is 2.30. The monoisotopic (exact) mass is 369 g/mol. The van der Waals surface area contributed by atoms with Crippen molar-refractivity contribution in [3.05, 3.63) is 108 Å². The van der Waals surface area contributed by atoms with Crippen LogP contribution in [-0.2, 0) is 6.61 Å². The minimum absolute atomic E-state index is 0.217. The number of nitrogens with one attached hydrogen (secondary N) is 1. The van der Waals surface area contributed by atoms with E-state index in [-0.39, 0.29) is 5.91 Å². The van der Waals surface area contributed by atoms with Gasteiger partial charge in [0.25, 0.3) is 5.91 Å². The van der Waals surface area contributed by atoms with Crippen molar-refractivity contribution >= 4 is 11.7 Å². The van der Waals surface area contributed by atoms with E-state index in [1.165, 1.54) is 0 Å². The first kappa shape index (κ1) is 17.5. The van der Waals surface area contributed by atoms with Crippen LogP contribution >= 0.6 is 0 Å². The predicted octanol–water partition coefficient (Wildman–Crippen LogP) is 4.70. The van der Waals surface area contributed by atoms with Gasteiger partial charge in [-0.25, -0.2) is 4.68 Å². The molecule has 0 spiro atoms. The van der Waals surface area contributed by atoms with E-state index in [1.807, 2.05) is 85.1 Å². The molecule has 4 aromatic rings. The number of amides is 1. The Hall–Kier alpha value is -3.86. The summed E-state index contributed by atoms with van der Waals surface area (Å²) in [5.74, 6) is 1.04. The van der Waals surface area contributed by atoms with Crippen LogP contribution in [0.1, 0.15) is 15.9 Å². The summed E-state index contributed by atoms with van der Waals surface area (Å²) in [6.45, 7) is 0.312. The lowest BCUT2D eigenvalue weighted by atomic mass is 10.1. The molecule has 1 heterocycles. The molecule has 0 unspecified atom stereocenters. The number of para-hydroxylation sites is 2. The molecule has 3 aromatic carbocycles. The number of benzene rings is 3. The molecular formula is C23H19N3O2. The number of anilines is 1. The van der Waals surface area contributed by atoms with Crippen LogP contribution in [0.25, 0.3) is 5.69 Å². The molecule has 0 saturated heterocycles. The lowest BCUT2D eigenvalue weighted by Crippen LogP contribution is -2.15. The number of hydrogen-bond acceptors (Lipinski definition) is 3. The van der Waals surface area contributed by atoms with Gasteiger partial charge in [0.2, 0.25) is 0 Å². The van der Waals surface area contributed by atoms with Crippen molar-refractivity contribution < 1.29 is 9.53 Å². The molecule has 1 amide bonds. The zero-order valence-electron chi connectivity index (χ0n) is 15.2. The fourth-order valence-electron chi connectivity index (χ4n) is 2.84. The van der Waals surface area contributed by atoms with E-state index in [1.54, 1.807) is 16.8 Å². The highest BCUT2D eigenvalue weighted by Gasteiger charge is 2.13. The number of nitrogens with zero attached hydrogens (tertiary/aromatic N) is 2. The van der Waals surface area contributed by atoms with Crippen LogP contribution in [0, 0.1) is 0 Å². The van der Waals surface area contributed by atoms with E-state index in [4.69, 9.17) is 4.74 Å². The normalized spacial score (nSPS) is 10.4. The Kier molecular flexibility index (Phi) is 5.15. The molecule has 1 N–H and O–H groups in total. The first-order valence-corrected chi connectivity index (χ1v) is 8.98. The van der Waals surface area contributed by atoms with Gasteiger partial charge in [0, 0.05) is 23.4 Å². The van der Waals surface area contributed by atoms with Crippen LogP contribution in [0.15, 0.2) is 97.2 Å². The van der Waals surface area contributed by atoms with E-state index in [9.17, 15) is 4.79 Å². The molecule has 0 aliphatic carbocycles. The van der Waals surface area contributed by atoms with Gasteiger partial charge >= 0.3 is 0 Å². The Labute approximate surface area is 163 Å². The van der Waals surface area contributed by atoms with E-state index >= 15 is 0 Å². The number of carbonyl (C=O) groups is 1. The maximum atomic E-state index is 12.8. The van der Waals surface area contributed by atoms with Crippen molar-refractivity contribution in [3.8, 4) is 11.4 Å². The summed E-state index contributed by atoms with van der Waals surface area (Å²) in [6.07, 6.45) is 1.81. The fourth-order valence-corrected chi connectivity index (χ4v) is 2.84. The quantitative estimate of drug-likeness (QED) is 0.536. The third kappa shape index (κ3) is 4.10. The van der Waals surface area contributed by atoms with Gasteiger partial charge in [-0.15, -0.1) is 0 Å². The van der Waals surface area contributed by atoms with Crippen LogP contribution in [0.3, 0.4) is 0 Å². The molecule has 0 fully saturated rings. The first-order chi connectivity index (χ1) is 13.8. The summed E-state index contributed by atoms with van der Waals surface area (Å²) in [7, 11) is 0. The van der Waals surface area contributed by atoms with Gasteiger partial charge in [0.15, 0.2) is 5.82 Å². The van der Waals surface area contributed by atoms with Crippen LogP contribution in [0.4, 0.5) is 5.82 Å². The molecule has 28 heavy (non-hydrogen) atoms. The smallest absolute Gasteiger partial charge is 0.257 e. The molecule has 5 heteroatoms. The minimum atomic E-state index is -0.217. The number of aromatic nitrogens is 2. The third-order valence-electron chi connectivity index (χ3n) is 4.25. The highest BCUT2D eigenvalue weighted by atomic mass is 16.5.